The Morgan fingerprint density at radius 2 is 1.78 bits per heavy atom. The van der Waals surface area contributed by atoms with Crippen molar-refractivity contribution >= 4 is 22.9 Å². The number of fused-ring (bicyclic) bond motifs is 1. The van der Waals surface area contributed by atoms with Gasteiger partial charge in [-0.1, -0.05) is 30.3 Å². The Bertz CT molecular complexity index is 828. The standard InChI is InChI=1S/C16H17N7/c17-16-21-14-13(15(22-16)23-8-6-18-7-9-23)20-12(10-19-14)11-4-2-1-3-5-11/h1-5,10,18H,6-9H2,(H2,17,19,21,22). The Hall–Kier alpha value is -2.80. The number of hydrogen-bond acceptors (Lipinski definition) is 7. The molecule has 1 aliphatic rings. The van der Waals surface area contributed by atoms with Gasteiger partial charge in [0.1, 0.15) is 0 Å². The first-order chi connectivity index (χ1) is 11.3. The minimum absolute atomic E-state index is 0.229. The van der Waals surface area contributed by atoms with Gasteiger partial charge in [-0.15, -0.1) is 0 Å². The van der Waals surface area contributed by atoms with Crippen molar-refractivity contribution in [2.24, 2.45) is 0 Å². The van der Waals surface area contributed by atoms with Gasteiger partial charge in [-0.25, -0.2) is 9.97 Å². The molecule has 2 aromatic heterocycles. The molecule has 1 fully saturated rings. The molecule has 3 aromatic rings. The minimum Gasteiger partial charge on any atom is -0.368 e. The highest BCUT2D eigenvalue weighted by Crippen LogP contribution is 2.25. The van der Waals surface area contributed by atoms with E-state index >= 15 is 0 Å². The molecule has 23 heavy (non-hydrogen) atoms. The fourth-order valence-electron chi connectivity index (χ4n) is 2.75. The second kappa shape index (κ2) is 5.77. The van der Waals surface area contributed by atoms with Crippen molar-refractivity contribution in [1.29, 1.82) is 0 Å². The smallest absolute Gasteiger partial charge is 0.224 e. The van der Waals surface area contributed by atoms with Crippen LogP contribution in [0, 0.1) is 0 Å². The summed E-state index contributed by atoms with van der Waals surface area (Å²) in [5.41, 5.74) is 8.90. The van der Waals surface area contributed by atoms with Crippen molar-refractivity contribution < 1.29 is 0 Å². The van der Waals surface area contributed by atoms with Crippen molar-refractivity contribution in [3.8, 4) is 11.3 Å². The maximum Gasteiger partial charge on any atom is 0.224 e. The van der Waals surface area contributed by atoms with Gasteiger partial charge in [0.2, 0.25) is 5.95 Å². The Kier molecular flexibility index (Phi) is 3.47. The normalized spacial score (nSPS) is 15.0. The third-order valence-corrected chi connectivity index (χ3v) is 3.89. The van der Waals surface area contributed by atoms with E-state index in [2.05, 4.69) is 25.2 Å². The summed E-state index contributed by atoms with van der Waals surface area (Å²) in [5.74, 6) is 0.993. The highest BCUT2D eigenvalue weighted by atomic mass is 15.3. The van der Waals surface area contributed by atoms with Gasteiger partial charge in [0, 0.05) is 31.7 Å². The van der Waals surface area contributed by atoms with E-state index in [4.69, 9.17) is 10.7 Å². The van der Waals surface area contributed by atoms with Crippen LogP contribution in [-0.2, 0) is 0 Å². The molecule has 1 saturated heterocycles. The molecular formula is C16H17N7. The lowest BCUT2D eigenvalue weighted by Gasteiger charge is -2.28. The van der Waals surface area contributed by atoms with Gasteiger partial charge >= 0.3 is 0 Å². The van der Waals surface area contributed by atoms with Gasteiger partial charge in [-0.3, -0.25) is 0 Å². The molecule has 0 saturated carbocycles. The van der Waals surface area contributed by atoms with E-state index in [-0.39, 0.29) is 5.95 Å². The van der Waals surface area contributed by atoms with Crippen molar-refractivity contribution in [2.45, 2.75) is 0 Å². The van der Waals surface area contributed by atoms with Crippen LogP contribution in [0.3, 0.4) is 0 Å². The van der Waals surface area contributed by atoms with E-state index in [0.717, 1.165) is 43.3 Å². The molecule has 1 aliphatic heterocycles. The topological polar surface area (TPSA) is 92.8 Å². The zero-order chi connectivity index (χ0) is 15.6. The van der Waals surface area contributed by atoms with Crippen LogP contribution in [0.2, 0.25) is 0 Å². The summed E-state index contributed by atoms with van der Waals surface area (Å²) in [7, 11) is 0. The van der Waals surface area contributed by atoms with Crippen LogP contribution in [0.4, 0.5) is 11.8 Å². The number of nitrogen functional groups attached to an aromatic ring is 1. The lowest BCUT2D eigenvalue weighted by Crippen LogP contribution is -2.44. The van der Waals surface area contributed by atoms with Crippen LogP contribution in [-0.4, -0.2) is 46.1 Å². The lowest BCUT2D eigenvalue weighted by molar-refractivity contribution is 0.586. The average molecular weight is 307 g/mol. The van der Waals surface area contributed by atoms with Crippen LogP contribution in [0.15, 0.2) is 36.5 Å². The van der Waals surface area contributed by atoms with Crippen molar-refractivity contribution in [3.63, 3.8) is 0 Å². The maximum absolute atomic E-state index is 5.85. The fraction of sp³-hybridized carbons (Fsp3) is 0.250. The number of aromatic nitrogens is 4. The molecule has 4 rings (SSSR count). The summed E-state index contributed by atoms with van der Waals surface area (Å²) in [6.07, 6.45) is 1.73. The molecule has 7 nitrogen and oxygen atoms in total. The predicted molar refractivity (Wildman–Crippen MR) is 90.1 cm³/mol. The number of nitrogens with one attached hydrogen (secondary N) is 1. The Morgan fingerprint density at radius 1 is 1.00 bits per heavy atom. The van der Waals surface area contributed by atoms with Gasteiger partial charge in [-0.05, 0) is 0 Å². The SMILES string of the molecule is Nc1nc(N2CCNCC2)c2nc(-c3ccccc3)cnc2n1. The van der Waals surface area contributed by atoms with Gasteiger partial charge in [0.25, 0.3) is 0 Å². The summed E-state index contributed by atoms with van der Waals surface area (Å²) in [4.78, 5) is 20.0. The molecule has 0 amide bonds. The molecule has 0 unspecified atom stereocenters. The molecule has 0 atom stereocenters. The van der Waals surface area contributed by atoms with Crippen LogP contribution in [0.25, 0.3) is 22.4 Å². The molecule has 3 heterocycles. The molecule has 116 valence electrons. The van der Waals surface area contributed by atoms with Gasteiger partial charge in [0.15, 0.2) is 17.0 Å². The van der Waals surface area contributed by atoms with Crippen molar-refractivity contribution in [2.75, 3.05) is 36.8 Å². The largest absolute Gasteiger partial charge is 0.368 e. The Balaban J connectivity index is 1.87. The highest BCUT2D eigenvalue weighted by Gasteiger charge is 2.18. The van der Waals surface area contributed by atoms with Crippen molar-refractivity contribution in [3.05, 3.63) is 36.5 Å². The molecule has 0 bridgehead atoms. The molecule has 3 N–H and O–H groups in total. The van der Waals surface area contributed by atoms with E-state index in [1.165, 1.54) is 0 Å². The second-order valence-corrected chi connectivity index (χ2v) is 5.44. The minimum atomic E-state index is 0.229. The van der Waals surface area contributed by atoms with Gasteiger partial charge in [-0.2, -0.15) is 9.97 Å². The Morgan fingerprint density at radius 3 is 2.57 bits per heavy atom. The monoisotopic (exact) mass is 307 g/mol. The number of benzene rings is 1. The molecule has 0 radical (unpaired) electrons. The number of anilines is 2. The number of nitrogens with zero attached hydrogens (tertiary/aromatic N) is 5. The molecular weight excluding hydrogens is 290 g/mol. The third kappa shape index (κ3) is 2.66. The number of hydrogen-bond donors (Lipinski definition) is 2. The summed E-state index contributed by atoms with van der Waals surface area (Å²) in [6, 6.07) is 9.97. The molecule has 7 heteroatoms. The molecule has 0 aliphatic carbocycles. The summed E-state index contributed by atoms with van der Waals surface area (Å²) in [6.45, 7) is 3.56. The van der Waals surface area contributed by atoms with E-state index in [9.17, 15) is 0 Å². The average Bonchev–Trinajstić information content (AvgIpc) is 2.62. The second-order valence-electron chi connectivity index (χ2n) is 5.44. The summed E-state index contributed by atoms with van der Waals surface area (Å²) in [5, 5.41) is 3.33. The lowest BCUT2D eigenvalue weighted by atomic mass is 10.1. The van der Waals surface area contributed by atoms with Crippen LogP contribution in [0.1, 0.15) is 0 Å². The molecule has 0 spiro atoms. The number of piperazine rings is 1. The number of rotatable bonds is 2. The highest BCUT2D eigenvalue weighted by molar-refractivity contribution is 5.85. The summed E-state index contributed by atoms with van der Waals surface area (Å²) < 4.78 is 0. The number of nitrogens with two attached hydrogens (primary N) is 1. The van der Waals surface area contributed by atoms with Gasteiger partial charge in [0.05, 0.1) is 11.9 Å². The maximum atomic E-state index is 5.85. The molecule has 1 aromatic carbocycles. The quantitative estimate of drug-likeness (QED) is 0.731. The predicted octanol–water partition coefficient (Wildman–Crippen LogP) is 1.08. The summed E-state index contributed by atoms with van der Waals surface area (Å²) >= 11 is 0. The fourth-order valence-corrected chi connectivity index (χ4v) is 2.75. The first-order valence-corrected chi connectivity index (χ1v) is 7.62. The van der Waals surface area contributed by atoms with E-state index in [1.54, 1.807) is 6.20 Å². The van der Waals surface area contributed by atoms with E-state index in [1.807, 2.05) is 30.3 Å². The van der Waals surface area contributed by atoms with E-state index < -0.39 is 0 Å². The Labute approximate surface area is 133 Å². The van der Waals surface area contributed by atoms with Crippen LogP contribution < -0.4 is 16.0 Å². The van der Waals surface area contributed by atoms with Gasteiger partial charge < -0.3 is 16.0 Å². The van der Waals surface area contributed by atoms with Crippen molar-refractivity contribution in [1.82, 2.24) is 25.3 Å². The zero-order valence-corrected chi connectivity index (χ0v) is 12.6. The zero-order valence-electron chi connectivity index (χ0n) is 12.6. The third-order valence-electron chi connectivity index (χ3n) is 3.89. The van der Waals surface area contributed by atoms with Crippen LogP contribution >= 0.6 is 0 Å². The first kappa shape index (κ1) is 13.8. The first-order valence-electron chi connectivity index (χ1n) is 7.62. The van der Waals surface area contributed by atoms with Crippen LogP contribution in [0.5, 0.6) is 0 Å². The van der Waals surface area contributed by atoms with E-state index in [0.29, 0.717) is 11.2 Å².